The van der Waals surface area contributed by atoms with Crippen LogP contribution in [0.4, 0.5) is 10.5 Å². The number of carbonyl (C=O) groups excluding carboxylic acids is 2. The van der Waals surface area contributed by atoms with E-state index in [1.165, 1.54) is 15.8 Å². The molecule has 6 heteroatoms. The van der Waals surface area contributed by atoms with Gasteiger partial charge in [-0.1, -0.05) is 18.2 Å². The van der Waals surface area contributed by atoms with E-state index in [0.29, 0.717) is 6.54 Å². The van der Waals surface area contributed by atoms with Crippen molar-refractivity contribution in [3.8, 4) is 0 Å². The first-order valence-corrected chi connectivity index (χ1v) is 8.16. The van der Waals surface area contributed by atoms with Crippen molar-refractivity contribution in [3.05, 3.63) is 65.9 Å². The normalized spacial score (nSPS) is 14.2. The van der Waals surface area contributed by atoms with Gasteiger partial charge in [-0.25, -0.2) is 4.79 Å². The number of hydrogen-bond donors (Lipinski definition) is 3. The smallest absolute Gasteiger partial charge is 0.324 e. The number of hydrogen-bond acceptors (Lipinski definition) is 3. The molecule has 0 unspecified atom stereocenters. The van der Waals surface area contributed by atoms with Crippen LogP contribution < -0.4 is 10.6 Å². The summed E-state index contributed by atoms with van der Waals surface area (Å²) in [6, 6.07) is 15.8. The maximum atomic E-state index is 11.7. The molecule has 3 N–H and O–H groups in total. The first kappa shape index (κ1) is 15.3. The summed E-state index contributed by atoms with van der Waals surface area (Å²) in [7, 11) is 0. The molecule has 4 rings (SSSR count). The number of H-pyrrole nitrogens is 1. The van der Waals surface area contributed by atoms with Crippen LogP contribution in [0.3, 0.4) is 0 Å². The second-order valence-electron chi connectivity index (χ2n) is 6.09. The van der Waals surface area contributed by atoms with Crippen molar-refractivity contribution in [1.29, 1.82) is 0 Å². The van der Waals surface area contributed by atoms with E-state index in [9.17, 15) is 9.59 Å². The Hall–Kier alpha value is -3.28. The molecule has 25 heavy (non-hydrogen) atoms. The fourth-order valence-electron chi connectivity index (χ4n) is 2.99. The molecule has 0 aliphatic carbocycles. The second-order valence-corrected chi connectivity index (χ2v) is 6.09. The summed E-state index contributed by atoms with van der Waals surface area (Å²) in [4.78, 5) is 27.8. The molecule has 3 aromatic rings. The lowest BCUT2D eigenvalue weighted by atomic mass is 10.1. The molecule has 2 aromatic carbocycles. The van der Waals surface area contributed by atoms with E-state index in [0.717, 1.165) is 16.8 Å². The van der Waals surface area contributed by atoms with Crippen molar-refractivity contribution < 1.29 is 9.59 Å². The molecule has 0 radical (unpaired) electrons. The van der Waals surface area contributed by atoms with E-state index in [2.05, 4.69) is 39.9 Å². The molecule has 1 aliphatic heterocycles. The standard InChI is InChI=1S/C19H18N4O2/c24-18-11-22-19(25)23(18)12-14-2-1-3-16(9-14)21-10-13-4-5-17-15(8-13)6-7-20-17/h1-9,20-21H,10-12H2,(H,22,25). The SMILES string of the molecule is O=C1CNC(=O)N1Cc1cccc(NCc2ccc3[nH]ccc3c2)c1. The Morgan fingerprint density at radius 1 is 1.04 bits per heavy atom. The van der Waals surface area contributed by atoms with E-state index in [-0.39, 0.29) is 25.0 Å². The monoisotopic (exact) mass is 334 g/mol. The van der Waals surface area contributed by atoms with Crippen molar-refractivity contribution in [2.45, 2.75) is 13.1 Å². The van der Waals surface area contributed by atoms with Gasteiger partial charge in [-0.05, 0) is 46.8 Å². The predicted octanol–water partition coefficient (Wildman–Crippen LogP) is 2.83. The van der Waals surface area contributed by atoms with Gasteiger partial charge in [-0.3, -0.25) is 9.69 Å². The van der Waals surface area contributed by atoms with Gasteiger partial charge in [0, 0.05) is 23.9 Å². The van der Waals surface area contributed by atoms with Crippen LogP contribution in [0, 0.1) is 0 Å². The minimum absolute atomic E-state index is 0.0818. The average molecular weight is 334 g/mol. The van der Waals surface area contributed by atoms with Crippen molar-refractivity contribution in [2.24, 2.45) is 0 Å². The fraction of sp³-hybridized carbons (Fsp3) is 0.158. The third-order valence-electron chi connectivity index (χ3n) is 4.32. The summed E-state index contributed by atoms with van der Waals surface area (Å²) < 4.78 is 0. The van der Waals surface area contributed by atoms with E-state index in [1.54, 1.807) is 0 Å². The molecule has 0 atom stereocenters. The van der Waals surface area contributed by atoms with E-state index >= 15 is 0 Å². The van der Waals surface area contributed by atoms with Crippen LogP contribution >= 0.6 is 0 Å². The number of amides is 3. The number of aromatic amines is 1. The lowest BCUT2D eigenvalue weighted by molar-refractivity contribution is -0.125. The fourth-order valence-corrected chi connectivity index (χ4v) is 2.99. The number of fused-ring (bicyclic) bond motifs is 1. The molecule has 0 saturated carbocycles. The number of benzene rings is 2. The lowest BCUT2D eigenvalue weighted by Crippen LogP contribution is -2.30. The van der Waals surface area contributed by atoms with Gasteiger partial charge < -0.3 is 15.6 Å². The highest BCUT2D eigenvalue weighted by Crippen LogP contribution is 2.18. The quantitative estimate of drug-likeness (QED) is 0.628. The third kappa shape index (κ3) is 3.19. The summed E-state index contributed by atoms with van der Waals surface area (Å²) in [5.74, 6) is -0.192. The van der Waals surface area contributed by atoms with Gasteiger partial charge in [0.05, 0.1) is 13.1 Å². The van der Waals surface area contributed by atoms with Crippen LogP contribution in [-0.4, -0.2) is 28.4 Å². The predicted molar refractivity (Wildman–Crippen MR) is 96.0 cm³/mol. The summed E-state index contributed by atoms with van der Waals surface area (Å²) in [5, 5.41) is 7.11. The zero-order valence-electron chi connectivity index (χ0n) is 13.6. The molecule has 3 amide bonds. The van der Waals surface area contributed by atoms with Gasteiger partial charge in [-0.15, -0.1) is 0 Å². The van der Waals surface area contributed by atoms with Crippen molar-refractivity contribution in [1.82, 2.24) is 15.2 Å². The van der Waals surface area contributed by atoms with Gasteiger partial charge in [0.25, 0.3) is 0 Å². The molecule has 1 aliphatic rings. The highest BCUT2D eigenvalue weighted by molar-refractivity contribution is 6.01. The molecular weight excluding hydrogens is 316 g/mol. The molecule has 2 heterocycles. The van der Waals surface area contributed by atoms with Crippen LogP contribution in [0.1, 0.15) is 11.1 Å². The van der Waals surface area contributed by atoms with Gasteiger partial charge in [-0.2, -0.15) is 0 Å². The Kier molecular flexibility index (Phi) is 3.85. The Balaban J connectivity index is 1.44. The molecule has 1 saturated heterocycles. The number of rotatable bonds is 5. The van der Waals surface area contributed by atoms with Crippen molar-refractivity contribution >= 4 is 28.5 Å². The molecule has 6 nitrogen and oxygen atoms in total. The maximum Gasteiger partial charge on any atom is 0.324 e. The molecule has 126 valence electrons. The number of nitrogens with one attached hydrogen (secondary N) is 3. The topological polar surface area (TPSA) is 77.2 Å². The first-order chi connectivity index (χ1) is 12.2. The Morgan fingerprint density at radius 2 is 1.96 bits per heavy atom. The lowest BCUT2D eigenvalue weighted by Gasteiger charge is -2.14. The molecule has 0 spiro atoms. The van der Waals surface area contributed by atoms with Crippen LogP contribution in [0.2, 0.25) is 0 Å². The van der Waals surface area contributed by atoms with Crippen molar-refractivity contribution in [3.63, 3.8) is 0 Å². The minimum atomic E-state index is -0.330. The van der Waals surface area contributed by atoms with Crippen LogP contribution in [0.25, 0.3) is 10.9 Å². The summed E-state index contributed by atoms with van der Waals surface area (Å²) in [6.45, 7) is 1.07. The Bertz CT molecular complexity index is 931. The molecule has 1 aromatic heterocycles. The highest BCUT2D eigenvalue weighted by Gasteiger charge is 2.28. The number of anilines is 1. The zero-order chi connectivity index (χ0) is 17.2. The molecule has 1 fully saturated rings. The summed E-state index contributed by atoms with van der Waals surface area (Å²) in [5.41, 5.74) is 4.18. The first-order valence-electron chi connectivity index (χ1n) is 8.16. The van der Waals surface area contributed by atoms with Gasteiger partial charge in [0.1, 0.15) is 0 Å². The number of aromatic nitrogens is 1. The Morgan fingerprint density at radius 3 is 2.80 bits per heavy atom. The van der Waals surface area contributed by atoms with Crippen LogP contribution in [-0.2, 0) is 17.9 Å². The van der Waals surface area contributed by atoms with Crippen molar-refractivity contribution in [2.75, 3.05) is 11.9 Å². The highest BCUT2D eigenvalue weighted by atomic mass is 16.2. The average Bonchev–Trinajstić information content (AvgIpc) is 3.21. The van der Waals surface area contributed by atoms with Crippen LogP contribution in [0.15, 0.2) is 54.7 Å². The number of carbonyl (C=O) groups is 2. The van der Waals surface area contributed by atoms with E-state index in [1.807, 2.05) is 30.5 Å². The molecule has 0 bridgehead atoms. The number of imide groups is 1. The minimum Gasteiger partial charge on any atom is -0.381 e. The largest absolute Gasteiger partial charge is 0.381 e. The number of urea groups is 1. The van der Waals surface area contributed by atoms with E-state index in [4.69, 9.17) is 0 Å². The van der Waals surface area contributed by atoms with Gasteiger partial charge in [0.2, 0.25) is 5.91 Å². The van der Waals surface area contributed by atoms with Gasteiger partial charge >= 0.3 is 6.03 Å². The van der Waals surface area contributed by atoms with Crippen LogP contribution in [0.5, 0.6) is 0 Å². The Labute approximate surface area is 144 Å². The van der Waals surface area contributed by atoms with E-state index < -0.39 is 0 Å². The summed E-state index contributed by atoms with van der Waals surface area (Å²) in [6.07, 6.45) is 1.93. The third-order valence-corrected chi connectivity index (χ3v) is 4.32. The molecular formula is C19H18N4O2. The second kappa shape index (κ2) is 6.32. The zero-order valence-corrected chi connectivity index (χ0v) is 13.6. The van der Waals surface area contributed by atoms with Gasteiger partial charge in [0.15, 0.2) is 0 Å². The number of nitrogens with zero attached hydrogens (tertiary/aromatic N) is 1. The summed E-state index contributed by atoms with van der Waals surface area (Å²) >= 11 is 0. The maximum absolute atomic E-state index is 11.7.